The highest BCUT2D eigenvalue weighted by Crippen LogP contribution is 2.28. The van der Waals surface area contributed by atoms with Crippen LogP contribution in [0.1, 0.15) is 24.0 Å². The van der Waals surface area contributed by atoms with E-state index in [9.17, 15) is 4.79 Å². The van der Waals surface area contributed by atoms with Gasteiger partial charge >= 0.3 is 5.97 Å². The molecule has 0 amide bonds. The molecule has 0 fully saturated rings. The van der Waals surface area contributed by atoms with E-state index in [0.717, 1.165) is 11.1 Å². The topological polar surface area (TPSA) is 61.5 Å². The van der Waals surface area contributed by atoms with Gasteiger partial charge in [-0.3, -0.25) is 4.79 Å². The Balaban J connectivity index is 3.09. The highest BCUT2D eigenvalue weighted by molar-refractivity contribution is 5.79. The first-order valence-corrected chi connectivity index (χ1v) is 5.65. The molecule has 1 aromatic rings. The van der Waals surface area contributed by atoms with Crippen LogP contribution in [-0.2, 0) is 9.53 Å². The van der Waals surface area contributed by atoms with Crippen molar-refractivity contribution in [3.05, 3.63) is 29.3 Å². The third-order valence-electron chi connectivity index (χ3n) is 2.57. The van der Waals surface area contributed by atoms with Crippen molar-refractivity contribution in [3.63, 3.8) is 0 Å². The van der Waals surface area contributed by atoms with E-state index < -0.39 is 5.92 Å². The van der Waals surface area contributed by atoms with Gasteiger partial charge in [-0.2, -0.15) is 0 Å². The largest absolute Gasteiger partial charge is 0.496 e. The van der Waals surface area contributed by atoms with Crippen molar-refractivity contribution < 1.29 is 14.3 Å². The molecule has 4 nitrogen and oxygen atoms in total. The van der Waals surface area contributed by atoms with Crippen molar-refractivity contribution in [2.75, 3.05) is 20.3 Å². The summed E-state index contributed by atoms with van der Waals surface area (Å²) in [4.78, 5) is 11.8. The number of carbonyl (C=O) groups excluding carboxylic acids is 1. The van der Waals surface area contributed by atoms with E-state index in [2.05, 4.69) is 0 Å². The summed E-state index contributed by atoms with van der Waals surface area (Å²) in [5.41, 5.74) is 7.50. The van der Waals surface area contributed by atoms with Crippen LogP contribution in [0.3, 0.4) is 0 Å². The molecule has 0 aliphatic heterocycles. The molecule has 0 aromatic heterocycles. The summed E-state index contributed by atoms with van der Waals surface area (Å²) in [6.07, 6.45) is 0. The summed E-state index contributed by atoms with van der Waals surface area (Å²) in [6.45, 7) is 4.29. The molecule has 0 heterocycles. The second-order valence-corrected chi connectivity index (χ2v) is 3.79. The van der Waals surface area contributed by atoms with Gasteiger partial charge in [0.15, 0.2) is 0 Å². The summed E-state index contributed by atoms with van der Waals surface area (Å²) in [7, 11) is 1.58. The number of benzene rings is 1. The summed E-state index contributed by atoms with van der Waals surface area (Å²) in [6, 6.07) is 5.68. The summed E-state index contributed by atoms with van der Waals surface area (Å²) < 4.78 is 10.3. The maximum absolute atomic E-state index is 11.8. The van der Waals surface area contributed by atoms with Crippen LogP contribution in [0.15, 0.2) is 18.2 Å². The van der Waals surface area contributed by atoms with Gasteiger partial charge in [0.05, 0.1) is 19.6 Å². The molecular formula is C13H19NO3. The number of methoxy groups -OCH3 is 1. The van der Waals surface area contributed by atoms with E-state index in [1.165, 1.54) is 0 Å². The van der Waals surface area contributed by atoms with Crippen molar-refractivity contribution in [2.24, 2.45) is 5.73 Å². The fourth-order valence-electron chi connectivity index (χ4n) is 1.72. The van der Waals surface area contributed by atoms with E-state index in [4.69, 9.17) is 15.2 Å². The van der Waals surface area contributed by atoms with E-state index >= 15 is 0 Å². The average molecular weight is 237 g/mol. The third kappa shape index (κ3) is 3.20. The first-order chi connectivity index (χ1) is 8.13. The van der Waals surface area contributed by atoms with Gasteiger partial charge in [-0.25, -0.2) is 0 Å². The fraction of sp³-hybridized carbons (Fsp3) is 0.462. The molecule has 0 aliphatic rings. The molecular weight excluding hydrogens is 218 g/mol. The predicted molar refractivity (Wildman–Crippen MR) is 66.2 cm³/mol. The molecule has 1 unspecified atom stereocenters. The molecule has 4 heteroatoms. The maximum Gasteiger partial charge on any atom is 0.314 e. The SMILES string of the molecule is CCOC(=O)C(CN)c1cc(C)ccc1OC. The molecule has 0 saturated carbocycles. The zero-order valence-electron chi connectivity index (χ0n) is 10.5. The third-order valence-corrected chi connectivity index (χ3v) is 2.57. The van der Waals surface area contributed by atoms with Crippen molar-refractivity contribution in [1.29, 1.82) is 0 Å². The van der Waals surface area contributed by atoms with Crippen LogP contribution in [-0.4, -0.2) is 26.2 Å². The smallest absolute Gasteiger partial charge is 0.314 e. The van der Waals surface area contributed by atoms with Crippen molar-refractivity contribution in [2.45, 2.75) is 19.8 Å². The molecule has 0 radical (unpaired) electrons. The zero-order valence-corrected chi connectivity index (χ0v) is 10.5. The van der Waals surface area contributed by atoms with Crippen LogP contribution in [0, 0.1) is 6.92 Å². The Kier molecular flexibility index (Phi) is 4.97. The van der Waals surface area contributed by atoms with Crippen LogP contribution in [0.2, 0.25) is 0 Å². The molecule has 0 spiro atoms. The molecule has 0 aliphatic carbocycles. The monoisotopic (exact) mass is 237 g/mol. The van der Waals surface area contributed by atoms with Crippen molar-refractivity contribution >= 4 is 5.97 Å². The minimum Gasteiger partial charge on any atom is -0.496 e. The van der Waals surface area contributed by atoms with Crippen LogP contribution in [0.25, 0.3) is 0 Å². The number of ether oxygens (including phenoxy) is 2. The first-order valence-electron chi connectivity index (χ1n) is 5.65. The predicted octanol–water partition coefficient (Wildman–Crippen LogP) is 1.61. The summed E-state index contributed by atoms with van der Waals surface area (Å²) in [5, 5.41) is 0. The second-order valence-electron chi connectivity index (χ2n) is 3.79. The fourth-order valence-corrected chi connectivity index (χ4v) is 1.72. The van der Waals surface area contributed by atoms with Gasteiger partial charge < -0.3 is 15.2 Å². The lowest BCUT2D eigenvalue weighted by Crippen LogP contribution is -2.24. The van der Waals surface area contributed by atoms with Crippen LogP contribution in [0.5, 0.6) is 5.75 Å². The Morgan fingerprint density at radius 1 is 1.47 bits per heavy atom. The van der Waals surface area contributed by atoms with Gasteiger partial charge in [0.25, 0.3) is 0 Å². The van der Waals surface area contributed by atoms with Gasteiger partial charge in [0.2, 0.25) is 0 Å². The summed E-state index contributed by atoms with van der Waals surface area (Å²) >= 11 is 0. The quantitative estimate of drug-likeness (QED) is 0.790. The lowest BCUT2D eigenvalue weighted by Gasteiger charge is -2.17. The Bertz CT molecular complexity index is 390. The lowest BCUT2D eigenvalue weighted by molar-refractivity contribution is -0.144. The van der Waals surface area contributed by atoms with Gasteiger partial charge in [-0.15, -0.1) is 0 Å². The van der Waals surface area contributed by atoms with Crippen LogP contribution < -0.4 is 10.5 Å². The standard InChI is InChI=1S/C13H19NO3/c1-4-17-13(15)11(8-14)10-7-9(2)5-6-12(10)16-3/h5-7,11H,4,8,14H2,1-3H3. The number of rotatable bonds is 5. The van der Waals surface area contributed by atoms with Crippen LogP contribution >= 0.6 is 0 Å². The maximum atomic E-state index is 11.8. The highest BCUT2D eigenvalue weighted by Gasteiger charge is 2.23. The van der Waals surface area contributed by atoms with Gasteiger partial charge in [-0.05, 0) is 19.9 Å². The normalized spacial score (nSPS) is 12.0. The number of aryl methyl sites for hydroxylation is 1. The van der Waals surface area contributed by atoms with Gasteiger partial charge in [-0.1, -0.05) is 17.7 Å². The number of carbonyl (C=O) groups is 1. The molecule has 0 saturated heterocycles. The molecule has 0 bridgehead atoms. The Labute approximate surface area is 102 Å². The minimum absolute atomic E-state index is 0.207. The van der Waals surface area contributed by atoms with Crippen LogP contribution in [0.4, 0.5) is 0 Å². The van der Waals surface area contributed by atoms with Crippen molar-refractivity contribution in [1.82, 2.24) is 0 Å². The Hall–Kier alpha value is -1.55. The van der Waals surface area contributed by atoms with Crippen molar-refractivity contribution in [3.8, 4) is 5.75 Å². The van der Waals surface area contributed by atoms with E-state index in [0.29, 0.717) is 12.4 Å². The Morgan fingerprint density at radius 2 is 2.18 bits per heavy atom. The van der Waals surface area contributed by atoms with E-state index in [1.54, 1.807) is 14.0 Å². The van der Waals surface area contributed by atoms with Gasteiger partial charge in [0.1, 0.15) is 5.75 Å². The molecule has 2 N–H and O–H groups in total. The average Bonchev–Trinajstić information content (AvgIpc) is 2.31. The highest BCUT2D eigenvalue weighted by atomic mass is 16.5. The molecule has 1 atom stereocenters. The molecule has 1 rings (SSSR count). The minimum atomic E-state index is -0.468. The van der Waals surface area contributed by atoms with E-state index in [-0.39, 0.29) is 12.5 Å². The number of esters is 1. The Morgan fingerprint density at radius 3 is 2.71 bits per heavy atom. The molecule has 1 aromatic carbocycles. The zero-order chi connectivity index (χ0) is 12.8. The number of nitrogens with two attached hydrogens (primary N) is 1. The lowest BCUT2D eigenvalue weighted by atomic mass is 9.96. The summed E-state index contributed by atoms with van der Waals surface area (Å²) in [5.74, 6) is -0.109. The number of hydrogen-bond acceptors (Lipinski definition) is 4. The second kappa shape index (κ2) is 6.25. The number of hydrogen-bond donors (Lipinski definition) is 1. The van der Waals surface area contributed by atoms with E-state index in [1.807, 2.05) is 25.1 Å². The molecule has 94 valence electrons. The first kappa shape index (κ1) is 13.5. The molecule has 17 heavy (non-hydrogen) atoms. The van der Waals surface area contributed by atoms with Gasteiger partial charge in [0, 0.05) is 12.1 Å².